The van der Waals surface area contributed by atoms with E-state index in [4.69, 9.17) is 0 Å². The molecule has 2 amide bonds. The summed E-state index contributed by atoms with van der Waals surface area (Å²) in [6.07, 6.45) is 1.14. The van der Waals surface area contributed by atoms with E-state index in [9.17, 15) is 19.1 Å². The zero-order chi connectivity index (χ0) is 14.7. The van der Waals surface area contributed by atoms with Gasteiger partial charge in [-0.1, -0.05) is 12.1 Å². The lowest BCUT2D eigenvalue weighted by molar-refractivity contribution is -0.822. The molecule has 2 rings (SSSR count). The quantitative estimate of drug-likeness (QED) is 0.776. The fourth-order valence-corrected chi connectivity index (χ4v) is 2.50. The molecule has 0 aliphatic carbocycles. The number of likely N-dealkylation sites (tertiary alicyclic amines) is 1. The van der Waals surface area contributed by atoms with Crippen molar-refractivity contribution < 1.29 is 24.0 Å². The number of rotatable bonds is 3. The smallest absolute Gasteiger partial charge is 0.415 e. The number of carbonyl (C=O) groups is 2. The molecule has 0 bridgehead atoms. The van der Waals surface area contributed by atoms with Crippen molar-refractivity contribution >= 4 is 12.0 Å². The van der Waals surface area contributed by atoms with Crippen LogP contribution in [0.4, 0.5) is 9.18 Å². The van der Waals surface area contributed by atoms with Gasteiger partial charge in [-0.3, -0.25) is 5.32 Å². The summed E-state index contributed by atoms with van der Waals surface area (Å²) in [7, 11) is 0. The highest BCUT2D eigenvalue weighted by molar-refractivity contribution is 5.74. The van der Waals surface area contributed by atoms with Gasteiger partial charge < -0.3 is 9.90 Å². The number of nitrogens with one attached hydrogen (secondary N) is 2. The topological polar surface area (TPSA) is 73.7 Å². The average molecular weight is 280 g/mol. The lowest BCUT2D eigenvalue weighted by atomic mass is 10.1. The van der Waals surface area contributed by atoms with Gasteiger partial charge in [-0.05, 0) is 24.6 Å². The molecule has 0 radical (unpaired) electrons. The Morgan fingerprint density at radius 2 is 2.05 bits per heavy atom. The molecule has 1 aromatic carbocycles. The first-order valence-corrected chi connectivity index (χ1v) is 6.62. The first kappa shape index (κ1) is 14.5. The van der Waals surface area contributed by atoms with Crippen LogP contribution in [0.5, 0.6) is 0 Å². The summed E-state index contributed by atoms with van der Waals surface area (Å²) in [5, 5.41) is 13.7. The summed E-state index contributed by atoms with van der Waals surface area (Å²) in [5.41, 5.74) is 0.767. The minimum absolute atomic E-state index is 0.307. The zero-order valence-corrected chi connectivity index (χ0v) is 11.2. The Bertz CT molecular complexity index is 504. The molecule has 2 N–H and O–H groups in total. The van der Waals surface area contributed by atoms with Crippen LogP contribution in [0.2, 0.25) is 0 Å². The largest absolute Gasteiger partial charge is 0.544 e. The van der Waals surface area contributed by atoms with E-state index >= 15 is 0 Å². The van der Waals surface area contributed by atoms with Crippen LogP contribution in [0.25, 0.3) is 0 Å². The van der Waals surface area contributed by atoms with Crippen LogP contribution in [0.15, 0.2) is 24.3 Å². The number of hydrogen-bond acceptors (Lipinski definition) is 3. The van der Waals surface area contributed by atoms with Crippen LogP contribution >= 0.6 is 0 Å². The van der Waals surface area contributed by atoms with E-state index in [0.29, 0.717) is 24.3 Å². The predicted molar refractivity (Wildman–Crippen MR) is 67.2 cm³/mol. The molecule has 0 saturated carbocycles. The Kier molecular flexibility index (Phi) is 4.34. The standard InChI is InChI=1S/C14H17FN2O3/c1-9(10-4-6-11(15)7-5-10)16-14(20)17-8-2-3-12(17)13(18)19/h4-7,9,12H,2-3,8H2,1H3,(H,16,20)(H,18,19)/t9-,12-/m0/s1. The summed E-state index contributed by atoms with van der Waals surface area (Å²) < 4.78 is 12.8. The van der Waals surface area contributed by atoms with Crippen LogP contribution in [0.1, 0.15) is 31.4 Å². The number of carboxylic acids is 1. The van der Waals surface area contributed by atoms with Crippen molar-refractivity contribution in [1.29, 1.82) is 0 Å². The van der Waals surface area contributed by atoms with Crippen molar-refractivity contribution in [3.05, 3.63) is 35.6 Å². The lowest BCUT2D eigenvalue weighted by Gasteiger charge is -2.22. The molecule has 20 heavy (non-hydrogen) atoms. The first-order valence-electron chi connectivity index (χ1n) is 6.62. The van der Waals surface area contributed by atoms with Gasteiger partial charge in [0.05, 0.1) is 18.6 Å². The van der Waals surface area contributed by atoms with E-state index in [1.807, 2.05) is 0 Å². The first-order chi connectivity index (χ1) is 9.49. The number of carboxylic acid groups (broad SMARTS) is 1. The van der Waals surface area contributed by atoms with Crippen molar-refractivity contribution in [3.63, 3.8) is 0 Å². The van der Waals surface area contributed by atoms with E-state index < -0.39 is 12.0 Å². The Morgan fingerprint density at radius 1 is 1.40 bits per heavy atom. The van der Waals surface area contributed by atoms with Gasteiger partial charge in [-0.25, -0.2) is 14.1 Å². The van der Waals surface area contributed by atoms with Crippen LogP contribution in [-0.4, -0.2) is 24.6 Å². The van der Waals surface area contributed by atoms with Gasteiger partial charge in [-0.15, -0.1) is 0 Å². The third kappa shape index (κ3) is 3.14. The van der Waals surface area contributed by atoms with E-state index in [0.717, 1.165) is 5.56 Å². The third-order valence-electron chi connectivity index (χ3n) is 3.65. The molecular weight excluding hydrogens is 263 g/mol. The predicted octanol–water partition coefficient (Wildman–Crippen LogP) is -0.606. The van der Waals surface area contributed by atoms with Crippen molar-refractivity contribution in [2.75, 3.05) is 6.54 Å². The third-order valence-corrected chi connectivity index (χ3v) is 3.65. The van der Waals surface area contributed by atoms with Gasteiger partial charge in [0.15, 0.2) is 0 Å². The van der Waals surface area contributed by atoms with Crippen molar-refractivity contribution in [3.8, 4) is 0 Å². The number of hydrogen-bond donors (Lipinski definition) is 2. The molecule has 108 valence electrons. The molecule has 6 heteroatoms. The number of halogens is 1. The number of amides is 2. The molecule has 1 fully saturated rings. The normalized spacial score (nSPS) is 23.3. The fourth-order valence-electron chi connectivity index (χ4n) is 2.50. The molecule has 1 saturated heterocycles. The maximum absolute atomic E-state index is 12.8. The molecule has 1 heterocycles. The number of quaternary nitrogens is 1. The fraction of sp³-hybridized carbons (Fsp3) is 0.429. The number of urea groups is 1. The summed E-state index contributed by atoms with van der Waals surface area (Å²) in [6.45, 7) is 2.26. The highest BCUT2D eigenvalue weighted by Crippen LogP contribution is 2.12. The van der Waals surface area contributed by atoms with Crippen LogP contribution in [0.3, 0.4) is 0 Å². The molecule has 1 aliphatic heterocycles. The second-order valence-electron chi connectivity index (χ2n) is 5.04. The van der Waals surface area contributed by atoms with E-state index in [-0.39, 0.29) is 17.9 Å². The zero-order valence-electron chi connectivity index (χ0n) is 11.2. The highest BCUT2D eigenvalue weighted by Gasteiger charge is 2.35. The number of benzene rings is 1. The number of carbonyl (C=O) groups excluding carboxylic acids is 2. The van der Waals surface area contributed by atoms with Crippen molar-refractivity contribution in [2.24, 2.45) is 0 Å². The van der Waals surface area contributed by atoms with Gasteiger partial charge in [0.25, 0.3) is 0 Å². The van der Waals surface area contributed by atoms with E-state index in [1.165, 1.54) is 12.1 Å². The second-order valence-corrected chi connectivity index (χ2v) is 5.04. The van der Waals surface area contributed by atoms with Gasteiger partial charge in [-0.2, -0.15) is 0 Å². The second kappa shape index (κ2) is 6.00. The minimum atomic E-state index is -1.19. The van der Waals surface area contributed by atoms with Crippen molar-refractivity contribution in [1.82, 2.24) is 5.32 Å². The Morgan fingerprint density at radius 3 is 2.65 bits per heavy atom. The lowest BCUT2D eigenvalue weighted by Crippen LogP contribution is -3.18. The molecule has 0 spiro atoms. The summed E-state index contributed by atoms with van der Waals surface area (Å²) in [4.78, 5) is 23.4. The van der Waals surface area contributed by atoms with Gasteiger partial charge in [0, 0.05) is 12.8 Å². The molecule has 0 aromatic heterocycles. The summed E-state index contributed by atoms with van der Waals surface area (Å²) in [6, 6.07) is 4.39. The SMILES string of the molecule is C[C@H](NC(=O)[NH+]1CCC[C@H]1C(=O)[O-])c1ccc(F)cc1. The maximum atomic E-state index is 12.8. The van der Waals surface area contributed by atoms with E-state index in [1.54, 1.807) is 19.1 Å². The van der Waals surface area contributed by atoms with Crippen molar-refractivity contribution in [2.45, 2.75) is 31.8 Å². The van der Waals surface area contributed by atoms with Crippen LogP contribution < -0.4 is 15.3 Å². The molecule has 3 atom stereocenters. The van der Waals surface area contributed by atoms with E-state index in [2.05, 4.69) is 5.32 Å². The summed E-state index contributed by atoms with van der Waals surface area (Å²) >= 11 is 0. The Hall–Kier alpha value is -1.95. The Balaban J connectivity index is 2.00. The monoisotopic (exact) mass is 280 g/mol. The molecule has 5 nitrogen and oxygen atoms in total. The maximum Gasteiger partial charge on any atom is 0.415 e. The summed E-state index contributed by atoms with van der Waals surface area (Å²) in [5.74, 6) is -1.53. The van der Waals surface area contributed by atoms with Crippen LogP contribution in [-0.2, 0) is 4.79 Å². The van der Waals surface area contributed by atoms with Gasteiger partial charge >= 0.3 is 6.03 Å². The molecule has 1 aromatic rings. The van der Waals surface area contributed by atoms with Gasteiger partial charge in [0.1, 0.15) is 11.9 Å². The molecule has 1 aliphatic rings. The minimum Gasteiger partial charge on any atom is -0.544 e. The average Bonchev–Trinajstić information content (AvgIpc) is 2.88. The number of aliphatic carboxylic acids is 1. The Labute approximate surface area is 116 Å². The molecular formula is C14H17FN2O3. The molecule has 1 unspecified atom stereocenters. The van der Waals surface area contributed by atoms with Crippen LogP contribution in [0, 0.1) is 5.82 Å². The van der Waals surface area contributed by atoms with Gasteiger partial charge in [0.2, 0.25) is 0 Å². The highest BCUT2D eigenvalue weighted by atomic mass is 19.1.